The van der Waals surface area contributed by atoms with Gasteiger partial charge in [-0.15, -0.1) is 0 Å². The molecule has 0 aliphatic carbocycles. The van der Waals surface area contributed by atoms with Gasteiger partial charge in [-0.05, 0) is 59.0 Å². The quantitative estimate of drug-likeness (QED) is 0.132. The summed E-state index contributed by atoms with van der Waals surface area (Å²) in [6.07, 6.45) is 40.6. The van der Waals surface area contributed by atoms with Gasteiger partial charge in [0.05, 0.1) is 0 Å². The SMILES string of the molecule is C=CC(/C=C/C(C)=C/C=C/C(C)=C/C=C/C=C(C)/C=C/C=C(C)/C=C/C=C(\C)CC)=C\CCCC.CC.CC.CC(C)C. The van der Waals surface area contributed by atoms with E-state index in [0.717, 1.165) is 18.8 Å². The lowest BCUT2D eigenvalue weighted by atomic mass is 10.1. The van der Waals surface area contributed by atoms with Crippen LogP contribution in [0.25, 0.3) is 0 Å². The second kappa shape index (κ2) is 36.9. The molecule has 0 saturated carbocycles. The van der Waals surface area contributed by atoms with Crippen molar-refractivity contribution in [3.05, 3.63) is 143 Å². The topological polar surface area (TPSA) is 0 Å². The number of unbranched alkanes of at least 4 members (excludes halogenated alkanes) is 2. The maximum Gasteiger partial charge on any atom is -0.0302 e. The molecular weight excluding hydrogens is 516 g/mol. The second-order valence-electron chi connectivity index (χ2n) is 10.6. The predicted octanol–water partition coefficient (Wildman–Crippen LogP) is 14.9. The van der Waals surface area contributed by atoms with Crippen LogP contribution in [0.3, 0.4) is 0 Å². The molecule has 43 heavy (non-hydrogen) atoms. The molecule has 0 spiro atoms. The molecule has 0 N–H and O–H groups in total. The van der Waals surface area contributed by atoms with E-state index in [1.54, 1.807) is 0 Å². The summed E-state index contributed by atoms with van der Waals surface area (Å²) in [5.41, 5.74) is 7.45. The van der Waals surface area contributed by atoms with Crippen molar-refractivity contribution >= 4 is 0 Å². The second-order valence-corrected chi connectivity index (χ2v) is 10.6. The molecule has 0 aromatic rings. The molecule has 0 fully saturated rings. The van der Waals surface area contributed by atoms with Crippen LogP contribution in [-0.2, 0) is 0 Å². The van der Waals surface area contributed by atoms with E-state index >= 15 is 0 Å². The number of allylic oxidation sites excluding steroid dienone is 23. The fraction of sp³-hybridized carbons (Fsp3) is 0.442. The zero-order valence-corrected chi connectivity index (χ0v) is 30.9. The molecule has 0 nitrogen and oxygen atoms in total. The molecule has 0 unspecified atom stereocenters. The molecule has 0 aliphatic heterocycles. The summed E-state index contributed by atoms with van der Waals surface area (Å²) in [4.78, 5) is 0. The van der Waals surface area contributed by atoms with Crippen LogP contribution in [0.1, 0.15) is 123 Å². The lowest BCUT2D eigenvalue weighted by molar-refractivity contribution is 0.737. The highest BCUT2D eigenvalue weighted by molar-refractivity contribution is 5.36. The number of hydrogen-bond donors (Lipinski definition) is 0. The van der Waals surface area contributed by atoms with Crippen molar-refractivity contribution in [2.45, 2.75) is 123 Å². The summed E-state index contributed by atoms with van der Waals surface area (Å²) in [5.74, 6) is 0.833. The lowest BCUT2D eigenvalue weighted by Gasteiger charge is -1.95. The Morgan fingerprint density at radius 2 is 0.930 bits per heavy atom. The molecule has 0 bridgehead atoms. The van der Waals surface area contributed by atoms with E-state index in [1.807, 2.05) is 33.8 Å². The molecule has 0 aromatic carbocycles. The van der Waals surface area contributed by atoms with Gasteiger partial charge in [0.15, 0.2) is 0 Å². The minimum absolute atomic E-state index is 0.833. The third kappa shape index (κ3) is 41.1. The first-order valence-electron chi connectivity index (χ1n) is 16.6. The van der Waals surface area contributed by atoms with Crippen LogP contribution in [0.4, 0.5) is 0 Å². The third-order valence-electron chi connectivity index (χ3n) is 5.28. The van der Waals surface area contributed by atoms with E-state index in [1.165, 1.54) is 46.3 Å². The standard InChI is InChI=1S/C35H48.C4H10.2C2H6/c1-9-12-13-27-35(11-3)29-28-34(8)26-18-24-32(6)20-15-14-19-31(5)23-17-25-33(7)22-16-21-30(4)10-2;1-4(2)3;2*1-2/h11,14-29H,3,9-10,12-13H2,1-2,4-8H3;4H,1-3H3;2*1-2H3/b15-14+,22-16+,23-17+,24-18+,29-28+,30-21+,31-19+,32-20+,33-25+,34-26+,35-27+;;;. The smallest absolute Gasteiger partial charge is 0.0302 e. The van der Waals surface area contributed by atoms with Gasteiger partial charge in [0, 0.05) is 0 Å². The van der Waals surface area contributed by atoms with Crippen LogP contribution in [-0.4, -0.2) is 0 Å². The third-order valence-corrected chi connectivity index (χ3v) is 5.28. The fourth-order valence-corrected chi connectivity index (χ4v) is 2.74. The molecule has 0 atom stereocenters. The van der Waals surface area contributed by atoms with Crippen molar-refractivity contribution < 1.29 is 0 Å². The van der Waals surface area contributed by atoms with Crippen LogP contribution < -0.4 is 0 Å². The molecule has 0 saturated heterocycles. The number of rotatable bonds is 15. The van der Waals surface area contributed by atoms with Crippen molar-refractivity contribution in [3.63, 3.8) is 0 Å². The summed E-state index contributed by atoms with van der Waals surface area (Å²) in [6, 6.07) is 0. The van der Waals surface area contributed by atoms with Crippen molar-refractivity contribution in [3.8, 4) is 0 Å². The van der Waals surface area contributed by atoms with Crippen LogP contribution in [0, 0.1) is 5.92 Å². The molecule has 0 radical (unpaired) electrons. The Bertz CT molecular complexity index is 996. The van der Waals surface area contributed by atoms with E-state index in [0.29, 0.717) is 0 Å². The Hall–Kier alpha value is -3.12. The first-order valence-corrected chi connectivity index (χ1v) is 16.6. The van der Waals surface area contributed by atoms with Crippen LogP contribution in [0.5, 0.6) is 0 Å². The van der Waals surface area contributed by atoms with Gasteiger partial charge >= 0.3 is 0 Å². The molecule has 242 valence electrons. The molecule has 0 aromatic heterocycles. The Kier molecular flexibility index (Phi) is 40.2. The van der Waals surface area contributed by atoms with Crippen LogP contribution >= 0.6 is 0 Å². The van der Waals surface area contributed by atoms with Crippen molar-refractivity contribution in [2.75, 3.05) is 0 Å². The predicted molar refractivity (Wildman–Crippen MR) is 206 cm³/mol. The average Bonchev–Trinajstić information content (AvgIpc) is 2.98. The summed E-state index contributed by atoms with van der Waals surface area (Å²) in [5, 5.41) is 0. The van der Waals surface area contributed by atoms with Crippen molar-refractivity contribution in [1.82, 2.24) is 0 Å². The van der Waals surface area contributed by atoms with Gasteiger partial charge in [0.2, 0.25) is 0 Å². The minimum atomic E-state index is 0.833. The maximum absolute atomic E-state index is 3.91. The first-order chi connectivity index (χ1) is 20.5. The highest BCUT2D eigenvalue weighted by Gasteiger charge is 1.87. The first kappa shape index (κ1) is 46.8. The fourth-order valence-electron chi connectivity index (χ4n) is 2.74. The Morgan fingerprint density at radius 3 is 1.30 bits per heavy atom. The van der Waals surface area contributed by atoms with Gasteiger partial charge < -0.3 is 0 Å². The lowest BCUT2D eigenvalue weighted by Crippen LogP contribution is -1.75. The van der Waals surface area contributed by atoms with E-state index in [9.17, 15) is 0 Å². The van der Waals surface area contributed by atoms with Gasteiger partial charge in [0.25, 0.3) is 0 Å². The Balaban J connectivity index is -0.000000853. The van der Waals surface area contributed by atoms with E-state index in [-0.39, 0.29) is 0 Å². The van der Waals surface area contributed by atoms with Crippen molar-refractivity contribution in [1.29, 1.82) is 0 Å². The Morgan fingerprint density at radius 1 is 0.558 bits per heavy atom. The summed E-state index contributed by atoms with van der Waals surface area (Å²) < 4.78 is 0. The normalized spacial score (nSPS) is 13.9. The van der Waals surface area contributed by atoms with Crippen molar-refractivity contribution in [2.24, 2.45) is 5.92 Å². The van der Waals surface area contributed by atoms with Crippen LogP contribution in [0.2, 0.25) is 0 Å². The van der Waals surface area contributed by atoms with Crippen LogP contribution in [0.15, 0.2) is 143 Å². The minimum Gasteiger partial charge on any atom is -0.0985 e. The van der Waals surface area contributed by atoms with E-state index < -0.39 is 0 Å². The van der Waals surface area contributed by atoms with Gasteiger partial charge in [-0.2, -0.15) is 0 Å². The molecular formula is C43H70. The average molecular weight is 587 g/mol. The number of hydrogen-bond acceptors (Lipinski definition) is 0. The molecule has 0 heteroatoms. The maximum atomic E-state index is 3.91. The molecule has 0 aliphatic rings. The largest absolute Gasteiger partial charge is 0.0985 e. The zero-order chi connectivity index (χ0) is 33.9. The molecule has 0 amide bonds. The summed E-state index contributed by atoms with van der Waals surface area (Å²) >= 11 is 0. The monoisotopic (exact) mass is 587 g/mol. The zero-order valence-electron chi connectivity index (χ0n) is 30.9. The Labute approximate surface area is 271 Å². The van der Waals surface area contributed by atoms with E-state index in [2.05, 4.69) is 173 Å². The van der Waals surface area contributed by atoms with Gasteiger partial charge in [-0.1, -0.05) is 213 Å². The highest BCUT2D eigenvalue weighted by Crippen LogP contribution is 2.07. The van der Waals surface area contributed by atoms with Gasteiger partial charge in [0.1, 0.15) is 0 Å². The van der Waals surface area contributed by atoms with Gasteiger partial charge in [-0.25, -0.2) is 0 Å². The molecule has 0 rings (SSSR count). The highest BCUT2D eigenvalue weighted by atomic mass is 13.9. The van der Waals surface area contributed by atoms with Gasteiger partial charge in [-0.3, -0.25) is 0 Å². The molecule has 0 heterocycles. The summed E-state index contributed by atoms with van der Waals surface area (Å²) in [7, 11) is 0. The van der Waals surface area contributed by atoms with E-state index in [4.69, 9.17) is 0 Å². The summed E-state index contributed by atoms with van der Waals surface area (Å²) in [6.45, 7) is 33.4.